The van der Waals surface area contributed by atoms with Crippen molar-refractivity contribution >= 4 is 5.69 Å². The third kappa shape index (κ3) is 4.51. The molecule has 1 aromatic rings. The summed E-state index contributed by atoms with van der Waals surface area (Å²) in [6.07, 6.45) is 2.68. The molecule has 1 aliphatic rings. The molecule has 1 heterocycles. The number of likely N-dealkylation sites (N-methyl/N-ethyl adjacent to an activating group) is 1. The molecule has 0 aromatic heterocycles. The second-order valence-electron chi connectivity index (χ2n) is 5.43. The van der Waals surface area contributed by atoms with Gasteiger partial charge in [-0.2, -0.15) is 0 Å². The zero-order chi connectivity index (χ0) is 13.5. The lowest BCUT2D eigenvalue weighted by atomic mass is 10.2. The van der Waals surface area contributed by atoms with Crippen LogP contribution in [0.4, 0.5) is 5.69 Å². The third-order valence-electron chi connectivity index (χ3n) is 3.95. The highest BCUT2D eigenvalue weighted by Gasteiger charge is 2.11. The SMILES string of the molecule is CCN(C)CCNCc1ccc(N2CCCC2)cc1. The monoisotopic (exact) mass is 261 g/mol. The van der Waals surface area contributed by atoms with Crippen molar-refractivity contribution in [1.82, 2.24) is 10.2 Å². The molecule has 2 rings (SSSR count). The highest BCUT2D eigenvalue weighted by Crippen LogP contribution is 2.20. The van der Waals surface area contributed by atoms with E-state index in [0.717, 1.165) is 26.2 Å². The first-order valence-electron chi connectivity index (χ1n) is 7.52. The van der Waals surface area contributed by atoms with E-state index in [1.54, 1.807) is 0 Å². The molecule has 0 saturated carbocycles. The van der Waals surface area contributed by atoms with Gasteiger partial charge in [0, 0.05) is 38.4 Å². The Labute approximate surface area is 117 Å². The van der Waals surface area contributed by atoms with Crippen LogP contribution in [-0.2, 0) is 6.54 Å². The van der Waals surface area contributed by atoms with Crippen LogP contribution in [0.3, 0.4) is 0 Å². The number of hydrogen-bond donors (Lipinski definition) is 1. The van der Waals surface area contributed by atoms with E-state index in [-0.39, 0.29) is 0 Å². The van der Waals surface area contributed by atoms with Gasteiger partial charge in [0.25, 0.3) is 0 Å². The Hall–Kier alpha value is -1.06. The molecule has 1 aliphatic heterocycles. The fourth-order valence-corrected chi connectivity index (χ4v) is 2.46. The molecule has 3 nitrogen and oxygen atoms in total. The lowest BCUT2D eigenvalue weighted by Crippen LogP contribution is -2.28. The lowest BCUT2D eigenvalue weighted by molar-refractivity contribution is 0.349. The fraction of sp³-hybridized carbons (Fsp3) is 0.625. The highest BCUT2D eigenvalue weighted by molar-refractivity contribution is 5.48. The van der Waals surface area contributed by atoms with Gasteiger partial charge in [-0.05, 0) is 44.1 Å². The van der Waals surface area contributed by atoms with E-state index in [1.807, 2.05) is 0 Å². The van der Waals surface area contributed by atoms with Gasteiger partial charge in [0.2, 0.25) is 0 Å². The Balaban J connectivity index is 1.72. The zero-order valence-corrected chi connectivity index (χ0v) is 12.4. The maximum atomic E-state index is 3.50. The van der Waals surface area contributed by atoms with Crippen molar-refractivity contribution in [2.24, 2.45) is 0 Å². The molecule has 0 atom stereocenters. The maximum Gasteiger partial charge on any atom is 0.0366 e. The minimum absolute atomic E-state index is 0.970. The van der Waals surface area contributed by atoms with Crippen LogP contribution in [0.2, 0.25) is 0 Å². The molecule has 106 valence electrons. The summed E-state index contributed by atoms with van der Waals surface area (Å²) >= 11 is 0. The molecule has 0 unspecified atom stereocenters. The van der Waals surface area contributed by atoms with Crippen molar-refractivity contribution in [3.63, 3.8) is 0 Å². The van der Waals surface area contributed by atoms with Crippen LogP contribution in [0.15, 0.2) is 24.3 Å². The van der Waals surface area contributed by atoms with Gasteiger partial charge in [-0.25, -0.2) is 0 Å². The Bertz CT molecular complexity index is 355. The Morgan fingerprint density at radius 1 is 1.16 bits per heavy atom. The first-order chi connectivity index (χ1) is 9.29. The fourth-order valence-electron chi connectivity index (χ4n) is 2.46. The maximum absolute atomic E-state index is 3.50. The second kappa shape index (κ2) is 7.51. The van der Waals surface area contributed by atoms with Crippen molar-refractivity contribution in [2.75, 3.05) is 44.7 Å². The highest BCUT2D eigenvalue weighted by atomic mass is 15.1. The molecule has 0 bridgehead atoms. The van der Waals surface area contributed by atoms with E-state index < -0.39 is 0 Å². The first-order valence-corrected chi connectivity index (χ1v) is 7.52. The largest absolute Gasteiger partial charge is 0.372 e. The van der Waals surface area contributed by atoms with Crippen molar-refractivity contribution in [3.8, 4) is 0 Å². The Morgan fingerprint density at radius 3 is 2.47 bits per heavy atom. The minimum Gasteiger partial charge on any atom is -0.372 e. The molecule has 1 aromatic carbocycles. The molecule has 19 heavy (non-hydrogen) atoms. The van der Waals surface area contributed by atoms with Gasteiger partial charge in [-0.15, -0.1) is 0 Å². The standard InChI is InChI=1S/C16H27N3/c1-3-18(2)13-10-17-14-15-6-8-16(9-7-15)19-11-4-5-12-19/h6-9,17H,3-5,10-14H2,1-2H3. The summed E-state index contributed by atoms with van der Waals surface area (Å²) in [6.45, 7) is 8.89. The van der Waals surface area contributed by atoms with Crippen molar-refractivity contribution in [2.45, 2.75) is 26.3 Å². The van der Waals surface area contributed by atoms with Gasteiger partial charge in [0.05, 0.1) is 0 Å². The van der Waals surface area contributed by atoms with Gasteiger partial charge < -0.3 is 15.1 Å². The van der Waals surface area contributed by atoms with E-state index in [0.29, 0.717) is 0 Å². The molecule has 0 radical (unpaired) electrons. The van der Waals surface area contributed by atoms with Crippen LogP contribution in [-0.4, -0.2) is 44.7 Å². The summed E-state index contributed by atoms with van der Waals surface area (Å²) in [5.74, 6) is 0. The molecule has 1 fully saturated rings. The summed E-state index contributed by atoms with van der Waals surface area (Å²) < 4.78 is 0. The van der Waals surface area contributed by atoms with Crippen molar-refractivity contribution in [3.05, 3.63) is 29.8 Å². The smallest absolute Gasteiger partial charge is 0.0366 e. The van der Waals surface area contributed by atoms with Crippen molar-refractivity contribution < 1.29 is 0 Å². The number of hydrogen-bond acceptors (Lipinski definition) is 3. The Kier molecular flexibility index (Phi) is 5.67. The average molecular weight is 261 g/mol. The number of rotatable bonds is 7. The summed E-state index contributed by atoms with van der Waals surface area (Å²) in [5, 5.41) is 3.50. The van der Waals surface area contributed by atoms with Gasteiger partial charge in [0.1, 0.15) is 0 Å². The molecule has 3 heteroatoms. The lowest BCUT2D eigenvalue weighted by Gasteiger charge is -2.18. The minimum atomic E-state index is 0.970. The normalized spacial score (nSPS) is 15.4. The molecule has 0 aliphatic carbocycles. The molecule has 0 amide bonds. The quantitative estimate of drug-likeness (QED) is 0.760. The Morgan fingerprint density at radius 2 is 1.84 bits per heavy atom. The second-order valence-corrected chi connectivity index (χ2v) is 5.43. The first kappa shape index (κ1) is 14.4. The topological polar surface area (TPSA) is 18.5 Å². The van der Waals surface area contributed by atoms with Crippen LogP contribution < -0.4 is 10.2 Å². The molecular formula is C16H27N3. The molecule has 0 spiro atoms. The van der Waals surface area contributed by atoms with Crippen molar-refractivity contribution in [1.29, 1.82) is 0 Å². The average Bonchev–Trinajstić information content (AvgIpc) is 2.98. The van der Waals surface area contributed by atoms with Gasteiger partial charge in [-0.1, -0.05) is 19.1 Å². The molecule has 1 N–H and O–H groups in total. The van der Waals surface area contributed by atoms with Gasteiger partial charge >= 0.3 is 0 Å². The number of benzene rings is 1. The van der Waals surface area contributed by atoms with Crippen LogP contribution in [0, 0.1) is 0 Å². The van der Waals surface area contributed by atoms with E-state index in [1.165, 1.54) is 37.2 Å². The molecular weight excluding hydrogens is 234 g/mol. The van der Waals surface area contributed by atoms with E-state index in [2.05, 4.69) is 53.4 Å². The summed E-state index contributed by atoms with van der Waals surface area (Å²) in [7, 11) is 2.16. The van der Waals surface area contributed by atoms with Crippen LogP contribution >= 0.6 is 0 Å². The summed E-state index contributed by atoms with van der Waals surface area (Å²) in [5.41, 5.74) is 2.76. The van der Waals surface area contributed by atoms with E-state index >= 15 is 0 Å². The summed E-state index contributed by atoms with van der Waals surface area (Å²) in [6, 6.07) is 9.04. The van der Waals surface area contributed by atoms with Crippen LogP contribution in [0.25, 0.3) is 0 Å². The van der Waals surface area contributed by atoms with E-state index in [9.17, 15) is 0 Å². The number of nitrogens with one attached hydrogen (secondary N) is 1. The van der Waals surface area contributed by atoms with Gasteiger partial charge in [0.15, 0.2) is 0 Å². The zero-order valence-electron chi connectivity index (χ0n) is 12.4. The predicted molar refractivity (Wildman–Crippen MR) is 82.8 cm³/mol. The summed E-state index contributed by atoms with van der Waals surface area (Å²) in [4.78, 5) is 4.80. The molecule has 1 saturated heterocycles. The third-order valence-corrected chi connectivity index (χ3v) is 3.95. The number of nitrogens with zero attached hydrogens (tertiary/aromatic N) is 2. The predicted octanol–water partition coefficient (Wildman–Crippen LogP) is 2.33. The van der Waals surface area contributed by atoms with Gasteiger partial charge in [-0.3, -0.25) is 0 Å². The van der Waals surface area contributed by atoms with Crippen LogP contribution in [0.1, 0.15) is 25.3 Å². The number of anilines is 1. The van der Waals surface area contributed by atoms with E-state index in [4.69, 9.17) is 0 Å². The van der Waals surface area contributed by atoms with Crippen LogP contribution in [0.5, 0.6) is 0 Å².